The van der Waals surface area contributed by atoms with Crippen LogP contribution in [0.3, 0.4) is 0 Å². The van der Waals surface area contributed by atoms with Crippen LogP contribution in [0.25, 0.3) is 0 Å². The monoisotopic (exact) mass is 333 g/mol. The molecule has 2 rings (SSSR count). The number of aryl methyl sites for hydroxylation is 1. The molecule has 0 aliphatic heterocycles. The molecule has 1 aromatic heterocycles. The topological polar surface area (TPSA) is 114 Å². The lowest BCUT2D eigenvalue weighted by Crippen LogP contribution is -2.30. The van der Waals surface area contributed by atoms with Crippen LogP contribution in [0.2, 0.25) is 0 Å². The van der Waals surface area contributed by atoms with Crippen molar-refractivity contribution in [1.82, 2.24) is 10.5 Å². The Morgan fingerprint density at radius 1 is 1.38 bits per heavy atom. The zero-order valence-electron chi connectivity index (χ0n) is 13.4. The Morgan fingerprint density at radius 3 is 2.83 bits per heavy atom. The molecule has 128 valence electrons. The second kappa shape index (κ2) is 8.11. The number of hydrogen-bond acceptors (Lipinski definition) is 6. The number of nitrogens with zero attached hydrogens (tertiary/aromatic N) is 1. The van der Waals surface area contributed by atoms with Crippen LogP contribution in [0.15, 0.2) is 34.9 Å². The minimum Gasteiger partial charge on any atom is -0.481 e. The van der Waals surface area contributed by atoms with Crippen molar-refractivity contribution < 1.29 is 24.0 Å². The first-order valence-electron chi connectivity index (χ1n) is 7.39. The number of carbonyl (C=O) groups excluding carboxylic acids is 2. The highest BCUT2D eigenvalue weighted by Gasteiger charge is 2.17. The first-order chi connectivity index (χ1) is 11.5. The van der Waals surface area contributed by atoms with Crippen molar-refractivity contribution in [2.75, 3.05) is 18.5 Å². The van der Waals surface area contributed by atoms with Gasteiger partial charge in [0.25, 0.3) is 11.8 Å². The summed E-state index contributed by atoms with van der Waals surface area (Å²) in [5, 5.41) is 17.5. The lowest BCUT2D eigenvalue weighted by molar-refractivity contribution is -0.122. The molecule has 2 amide bonds. The highest BCUT2D eigenvalue weighted by atomic mass is 16.5. The van der Waals surface area contributed by atoms with E-state index >= 15 is 0 Å². The summed E-state index contributed by atoms with van der Waals surface area (Å²) in [6.45, 7) is 3.33. The van der Waals surface area contributed by atoms with E-state index in [4.69, 9.17) is 14.4 Å². The summed E-state index contributed by atoms with van der Waals surface area (Å²) >= 11 is 0. The van der Waals surface area contributed by atoms with Gasteiger partial charge in [-0.05, 0) is 32.0 Å². The van der Waals surface area contributed by atoms with Crippen LogP contribution in [0.4, 0.5) is 5.82 Å². The van der Waals surface area contributed by atoms with Crippen LogP contribution in [-0.2, 0) is 4.79 Å². The Labute approximate surface area is 138 Å². The van der Waals surface area contributed by atoms with Gasteiger partial charge in [-0.25, -0.2) is 0 Å². The van der Waals surface area contributed by atoms with Gasteiger partial charge in [-0.1, -0.05) is 11.2 Å². The molecule has 24 heavy (non-hydrogen) atoms. The van der Waals surface area contributed by atoms with Gasteiger partial charge in [-0.3, -0.25) is 9.59 Å². The lowest BCUT2D eigenvalue weighted by Gasteiger charge is -2.14. The van der Waals surface area contributed by atoms with Crippen molar-refractivity contribution >= 4 is 17.6 Å². The predicted molar refractivity (Wildman–Crippen MR) is 85.8 cm³/mol. The third kappa shape index (κ3) is 4.82. The Bertz CT molecular complexity index is 713. The first-order valence-corrected chi connectivity index (χ1v) is 7.39. The highest BCUT2D eigenvalue weighted by Crippen LogP contribution is 2.16. The predicted octanol–water partition coefficient (Wildman–Crippen LogP) is 1.11. The van der Waals surface area contributed by atoms with Crippen LogP contribution in [0, 0.1) is 6.92 Å². The molecule has 3 N–H and O–H groups in total. The molecule has 1 unspecified atom stereocenters. The molecule has 0 saturated heterocycles. The number of aliphatic hydroxyl groups excluding tert-OH is 1. The summed E-state index contributed by atoms with van der Waals surface area (Å²) in [4.78, 5) is 23.9. The van der Waals surface area contributed by atoms with E-state index in [1.807, 2.05) is 0 Å². The van der Waals surface area contributed by atoms with Crippen LogP contribution < -0.4 is 15.4 Å². The first kappa shape index (κ1) is 17.5. The third-order valence-electron chi connectivity index (χ3n) is 3.05. The molecule has 0 spiro atoms. The van der Waals surface area contributed by atoms with E-state index in [9.17, 15) is 9.59 Å². The molecule has 0 radical (unpaired) electrons. The van der Waals surface area contributed by atoms with Gasteiger partial charge in [0.15, 0.2) is 11.9 Å². The minimum absolute atomic E-state index is 0.138. The maximum absolute atomic E-state index is 12.1. The summed E-state index contributed by atoms with van der Waals surface area (Å²) in [7, 11) is 0. The number of rotatable bonds is 7. The maximum Gasteiger partial charge on any atom is 0.266 e. The van der Waals surface area contributed by atoms with E-state index in [0.29, 0.717) is 22.9 Å². The molecule has 8 heteroatoms. The zero-order chi connectivity index (χ0) is 17.5. The van der Waals surface area contributed by atoms with E-state index in [0.717, 1.165) is 0 Å². The summed E-state index contributed by atoms with van der Waals surface area (Å²) in [6, 6.07) is 8.03. The quantitative estimate of drug-likeness (QED) is 0.699. The van der Waals surface area contributed by atoms with Gasteiger partial charge in [0.2, 0.25) is 0 Å². The Morgan fingerprint density at radius 2 is 2.17 bits per heavy atom. The van der Waals surface area contributed by atoms with Crippen LogP contribution >= 0.6 is 0 Å². The molecule has 1 atom stereocenters. The van der Waals surface area contributed by atoms with Crippen LogP contribution in [0.1, 0.15) is 23.0 Å². The molecule has 0 aliphatic carbocycles. The number of ether oxygens (including phenoxy) is 1. The molecule has 2 aromatic rings. The minimum atomic E-state index is -0.794. The lowest BCUT2D eigenvalue weighted by atomic mass is 10.2. The van der Waals surface area contributed by atoms with Gasteiger partial charge in [-0.2, -0.15) is 0 Å². The van der Waals surface area contributed by atoms with Crippen LogP contribution in [0.5, 0.6) is 5.75 Å². The molecule has 0 aliphatic rings. The Hall–Kier alpha value is -2.87. The maximum atomic E-state index is 12.1. The number of hydrogen-bond donors (Lipinski definition) is 3. The Balaban J connectivity index is 1.96. The largest absolute Gasteiger partial charge is 0.481 e. The van der Waals surface area contributed by atoms with Gasteiger partial charge in [0.05, 0.1) is 6.61 Å². The van der Waals surface area contributed by atoms with Crippen molar-refractivity contribution in [3.05, 3.63) is 41.7 Å². The highest BCUT2D eigenvalue weighted by molar-refractivity contribution is 5.95. The molecule has 0 saturated carbocycles. The second-order valence-electron chi connectivity index (χ2n) is 5.08. The summed E-state index contributed by atoms with van der Waals surface area (Å²) in [5.41, 5.74) is 0.376. The standard InChI is InChI=1S/C16H19N3O5/c1-10-8-14(19-24-10)18-15(21)11(2)23-13-5-3-4-12(9-13)16(22)17-6-7-20/h3-5,8-9,11,20H,6-7H2,1-2H3,(H,17,22)(H,18,19,21). The fourth-order valence-electron chi connectivity index (χ4n) is 1.89. The number of nitrogens with one attached hydrogen (secondary N) is 2. The van der Waals surface area contributed by atoms with Gasteiger partial charge < -0.3 is 25.0 Å². The summed E-state index contributed by atoms with van der Waals surface area (Å²) < 4.78 is 10.4. The summed E-state index contributed by atoms with van der Waals surface area (Å²) in [6.07, 6.45) is -0.794. The number of amides is 2. The number of benzene rings is 1. The number of aromatic nitrogens is 1. The van der Waals surface area contributed by atoms with E-state index in [-0.39, 0.29) is 19.1 Å². The number of carbonyl (C=O) groups is 2. The van der Waals surface area contributed by atoms with E-state index < -0.39 is 12.0 Å². The zero-order valence-corrected chi connectivity index (χ0v) is 13.4. The molecular formula is C16H19N3O5. The van der Waals surface area contributed by atoms with Crippen molar-refractivity contribution in [3.63, 3.8) is 0 Å². The molecule has 0 bridgehead atoms. The number of aliphatic hydroxyl groups is 1. The molecule has 1 aromatic carbocycles. The van der Waals surface area contributed by atoms with Crippen molar-refractivity contribution in [2.24, 2.45) is 0 Å². The normalized spacial score (nSPS) is 11.6. The second-order valence-corrected chi connectivity index (χ2v) is 5.08. The Kier molecular flexibility index (Phi) is 5.91. The average Bonchev–Trinajstić information content (AvgIpc) is 2.97. The van der Waals surface area contributed by atoms with E-state index in [1.54, 1.807) is 38.1 Å². The van der Waals surface area contributed by atoms with E-state index in [1.165, 1.54) is 6.07 Å². The smallest absolute Gasteiger partial charge is 0.266 e. The van der Waals surface area contributed by atoms with Gasteiger partial charge in [0, 0.05) is 18.2 Å². The molecule has 0 fully saturated rings. The SMILES string of the molecule is Cc1cc(NC(=O)C(C)Oc2cccc(C(=O)NCCO)c2)no1. The number of anilines is 1. The van der Waals surface area contributed by atoms with Crippen molar-refractivity contribution in [1.29, 1.82) is 0 Å². The fraction of sp³-hybridized carbons (Fsp3) is 0.312. The van der Waals surface area contributed by atoms with Crippen molar-refractivity contribution in [2.45, 2.75) is 20.0 Å². The van der Waals surface area contributed by atoms with E-state index in [2.05, 4.69) is 15.8 Å². The van der Waals surface area contributed by atoms with Gasteiger partial charge in [-0.15, -0.1) is 0 Å². The third-order valence-corrected chi connectivity index (χ3v) is 3.05. The van der Waals surface area contributed by atoms with Gasteiger partial charge in [0.1, 0.15) is 11.5 Å². The summed E-state index contributed by atoms with van der Waals surface area (Å²) in [5.74, 6) is 0.555. The van der Waals surface area contributed by atoms with Crippen molar-refractivity contribution in [3.8, 4) is 5.75 Å². The van der Waals surface area contributed by atoms with Crippen LogP contribution in [-0.4, -0.2) is 41.3 Å². The average molecular weight is 333 g/mol. The van der Waals surface area contributed by atoms with Gasteiger partial charge >= 0.3 is 0 Å². The molecular weight excluding hydrogens is 314 g/mol. The fourth-order valence-corrected chi connectivity index (χ4v) is 1.89. The molecule has 8 nitrogen and oxygen atoms in total. The molecule has 1 heterocycles.